The SMILES string of the molecule is CC[C@H](C)[C@H](NC(=O)[C@H](CCSC)NC(=O)[C@@H](N)CCSC)C(=O)N[C@@H](CCC(=O)O)C(=O)N[C@@H](CCC(=O)O)C(=O)N[C@@H](Cc1ccc(O)cc1)C(=O)N1CCC[C@H]1C(=O)N[C@@H](Cc1ccc(O)cc1)C(=O)N[C@H](C(=O)O)C(C)C. The number of rotatable bonds is 35. The summed E-state index contributed by atoms with van der Waals surface area (Å²) in [7, 11) is 0. The molecule has 2 aromatic rings. The van der Waals surface area contributed by atoms with Crippen molar-refractivity contribution in [2.75, 3.05) is 30.6 Å². The number of nitrogens with two attached hydrogens (primary N) is 1. The summed E-state index contributed by atoms with van der Waals surface area (Å²) in [5.41, 5.74) is 6.95. The second-order valence-electron chi connectivity index (χ2n) is 20.2. The Morgan fingerprint density at radius 2 is 1.00 bits per heavy atom. The van der Waals surface area contributed by atoms with Gasteiger partial charge in [0.2, 0.25) is 47.3 Å². The third-order valence-corrected chi connectivity index (χ3v) is 14.9. The molecule has 0 bridgehead atoms. The van der Waals surface area contributed by atoms with Crippen LogP contribution in [0, 0.1) is 11.8 Å². The van der Waals surface area contributed by atoms with Crippen molar-refractivity contribution in [1.29, 1.82) is 0 Å². The summed E-state index contributed by atoms with van der Waals surface area (Å²) in [5, 5.41) is 67.1. The van der Waals surface area contributed by atoms with Crippen molar-refractivity contribution >= 4 is 88.7 Å². The first kappa shape index (κ1) is 68.1. The number of hydrogen-bond acceptors (Lipinski definition) is 16. The van der Waals surface area contributed by atoms with Gasteiger partial charge in [-0.2, -0.15) is 23.5 Å². The standard InChI is InChI=1S/C54H79N9O16S2/c1-7-30(4)45(62-49(73)38(23-26-81-6)56-46(70)35(55)22-25-80-5)52(76)58-37(19-21-43(68)69)47(71)57-36(18-20-42(66)67)48(72)60-40(28-32-12-16-34(65)17-13-32)53(77)63-24-8-9-41(63)51(75)59-39(27-31-10-14-33(64)15-11-31)50(74)61-44(29(2)3)54(78)79/h10-17,29-30,35-41,44-45,64-65H,7-9,18-28,55H2,1-6H3,(H,56,70)(H,57,71)(H,58,76)(H,59,75)(H,60,72)(H,61,74)(H,62,73)(H,66,67)(H,68,69)(H,78,79)/t30-,35-,36-,37-,38-,39-,40-,41-,44-,45-/m0/s1. The Hall–Kier alpha value is -7.13. The molecular formula is C54H79N9O16S2. The quantitative estimate of drug-likeness (QED) is 0.0450. The van der Waals surface area contributed by atoms with Gasteiger partial charge in [0.05, 0.1) is 6.04 Å². The number of benzene rings is 2. The van der Waals surface area contributed by atoms with Crippen LogP contribution in [-0.2, 0) is 65.6 Å². The van der Waals surface area contributed by atoms with Crippen molar-refractivity contribution in [3.63, 3.8) is 0 Å². The minimum atomic E-state index is -1.75. The van der Waals surface area contributed by atoms with E-state index in [0.717, 1.165) is 0 Å². The van der Waals surface area contributed by atoms with Gasteiger partial charge >= 0.3 is 17.9 Å². The van der Waals surface area contributed by atoms with Gasteiger partial charge in [-0.15, -0.1) is 0 Å². The number of carbonyl (C=O) groups excluding carboxylic acids is 8. The maximum absolute atomic E-state index is 14.8. The van der Waals surface area contributed by atoms with Crippen LogP contribution in [0.1, 0.15) is 96.6 Å². The van der Waals surface area contributed by atoms with Crippen LogP contribution in [0.25, 0.3) is 0 Å². The Kier molecular flexibility index (Phi) is 28.8. The number of carbonyl (C=O) groups is 11. The van der Waals surface area contributed by atoms with E-state index >= 15 is 0 Å². The smallest absolute Gasteiger partial charge is 0.326 e. The molecule has 1 aliphatic heterocycles. The van der Waals surface area contributed by atoms with Gasteiger partial charge < -0.3 is 73.4 Å². The average molecular weight is 1170 g/mol. The van der Waals surface area contributed by atoms with E-state index in [1.807, 2.05) is 6.26 Å². The van der Waals surface area contributed by atoms with Gasteiger partial charge in [-0.3, -0.25) is 47.9 Å². The number of nitrogens with one attached hydrogen (secondary N) is 7. The molecule has 1 saturated heterocycles. The number of amides is 8. The molecule has 10 atom stereocenters. The van der Waals surface area contributed by atoms with Crippen molar-refractivity contribution in [1.82, 2.24) is 42.1 Å². The number of aliphatic carboxylic acids is 3. The van der Waals surface area contributed by atoms with Crippen LogP contribution in [0.15, 0.2) is 48.5 Å². The normalized spacial score (nSPS) is 16.4. The molecule has 0 unspecified atom stereocenters. The largest absolute Gasteiger partial charge is 0.508 e. The molecule has 1 aliphatic rings. The van der Waals surface area contributed by atoms with E-state index in [2.05, 4.69) is 37.2 Å². The molecule has 27 heteroatoms. The fourth-order valence-corrected chi connectivity index (χ4v) is 9.64. The molecule has 0 spiro atoms. The molecule has 3 rings (SSSR count). The molecular weight excluding hydrogens is 1090 g/mol. The summed E-state index contributed by atoms with van der Waals surface area (Å²) in [6.45, 7) is 6.52. The topological polar surface area (TPSA) is 402 Å². The van der Waals surface area contributed by atoms with Crippen LogP contribution in [0.2, 0.25) is 0 Å². The summed E-state index contributed by atoms with van der Waals surface area (Å²) in [6.07, 6.45) is 1.89. The minimum absolute atomic E-state index is 0.0238. The molecule has 8 amide bonds. The Morgan fingerprint density at radius 1 is 0.568 bits per heavy atom. The lowest BCUT2D eigenvalue weighted by molar-refractivity contribution is -0.144. The minimum Gasteiger partial charge on any atom is -0.508 e. The first-order chi connectivity index (χ1) is 38.3. The first-order valence-electron chi connectivity index (χ1n) is 26.7. The Balaban J connectivity index is 1.98. The highest BCUT2D eigenvalue weighted by atomic mass is 32.2. The number of aromatic hydroxyl groups is 2. The van der Waals surface area contributed by atoms with Crippen LogP contribution in [0.5, 0.6) is 11.5 Å². The van der Waals surface area contributed by atoms with E-state index in [1.165, 1.54) is 77.0 Å². The third kappa shape index (κ3) is 22.7. The van der Waals surface area contributed by atoms with E-state index in [4.69, 9.17) is 5.73 Å². The van der Waals surface area contributed by atoms with E-state index in [-0.39, 0.29) is 50.1 Å². The van der Waals surface area contributed by atoms with E-state index in [0.29, 0.717) is 35.5 Å². The molecule has 25 nitrogen and oxygen atoms in total. The van der Waals surface area contributed by atoms with Crippen molar-refractivity contribution in [3.05, 3.63) is 59.7 Å². The predicted octanol–water partition coefficient (Wildman–Crippen LogP) is 0.617. The van der Waals surface area contributed by atoms with Crippen molar-refractivity contribution in [2.45, 2.75) is 153 Å². The lowest BCUT2D eigenvalue weighted by Crippen LogP contribution is -2.61. The van der Waals surface area contributed by atoms with E-state index in [9.17, 15) is 78.3 Å². The molecule has 0 radical (unpaired) electrons. The predicted molar refractivity (Wildman–Crippen MR) is 302 cm³/mol. The number of nitrogens with zero attached hydrogens (tertiary/aromatic N) is 1. The molecule has 0 aliphatic carbocycles. The van der Waals surface area contributed by atoms with Crippen molar-refractivity contribution < 1.29 is 78.3 Å². The summed E-state index contributed by atoms with van der Waals surface area (Å²) in [6, 6.07) is -1.01. The Morgan fingerprint density at radius 3 is 1.48 bits per heavy atom. The van der Waals surface area contributed by atoms with Crippen LogP contribution >= 0.6 is 23.5 Å². The second-order valence-corrected chi connectivity index (χ2v) is 22.2. The fraction of sp³-hybridized carbons (Fsp3) is 0.574. The highest BCUT2D eigenvalue weighted by molar-refractivity contribution is 7.98. The summed E-state index contributed by atoms with van der Waals surface area (Å²) in [5.74, 6) is -11.3. The van der Waals surface area contributed by atoms with Gasteiger partial charge in [0.1, 0.15) is 59.8 Å². The number of phenols is 2. The molecule has 14 N–H and O–H groups in total. The van der Waals surface area contributed by atoms with Crippen molar-refractivity contribution in [2.24, 2.45) is 17.6 Å². The van der Waals surface area contributed by atoms with Gasteiger partial charge in [0, 0.05) is 32.2 Å². The number of carboxylic acid groups (broad SMARTS) is 3. The highest BCUT2D eigenvalue weighted by Crippen LogP contribution is 2.22. The lowest BCUT2D eigenvalue weighted by Gasteiger charge is -2.31. The van der Waals surface area contributed by atoms with E-state index < -0.39 is 157 Å². The molecule has 81 heavy (non-hydrogen) atoms. The van der Waals surface area contributed by atoms with Crippen LogP contribution < -0.4 is 43.0 Å². The number of thioether (sulfide) groups is 2. The van der Waals surface area contributed by atoms with Gasteiger partial charge in [-0.25, -0.2) is 4.79 Å². The number of carboxylic acids is 3. The molecule has 0 aromatic heterocycles. The Bertz CT molecular complexity index is 2490. The molecule has 2 aromatic carbocycles. The fourth-order valence-electron chi connectivity index (χ4n) is 8.68. The Labute approximate surface area is 479 Å². The van der Waals surface area contributed by atoms with Crippen LogP contribution in [-0.4, -0.2) is 181 Å². The zero-order valence-electron chi connectivity index (χ0n) is 46.4. The average Bonchev–Trinajstić information content (AvgIpc) is 3.92. The molecule has 1 fully saturated rings. The summed E-state index contributed by atoms with van der Waals surface area (Å²) < 4.78 is 0. The maximum Gasteiger partial charge on any atom is 0.326 e. The molecule has 1 heterocycles. The number of hydrogen-bond donors (Lipinski definition) is 13. The zero-order valence-corrected chi connectivity index (χ0v) is 48.1. The summed E-state index contributed by atoms with van der Waals surface area (Å²) in [4.78, 5) is 150. The van der Waals surface area contributed by atoms with Crippen molar-refractivity contribution in [3.8, 4) is 11.5 Å². The number of phenolic OH excluding ortho intramolecular Hbond substituents is 2. The highest BCUT2D eigenvalue weighted by Gasteiger charge is 2.41. The van der Waals surface area contributed by atoms with Gasteiger partial charge in [-0.1, -0.05) is 58.4 Å². The zero-order chi connectivity index (χ0) is 60.5. The number of likely N-dealkylation sites (tertiary alicyclic amines) is 1. The van der Waals surface area contributed by atoms with Gasteiger partial charge in [-0.05, 0) is 110 Å². The van der Waals surface area contributed by atoms with Crippen LogP contribution in [0.3, 0.4) is 0 Å². The third-order valence-electron chi connectivity index (χ3n) is 13.6. The van der Waals surface area contributed by atoms with Gasteiger partial charge in [0.25, 0.3) is 0 Å². The van der Waals surface area contributed by atoms with E-state index in [1.54, 1.807) is 34.0 Å². The van der Waals surface area contributed by atoms with Gasteiger partial charge in [0.15, 0.2) is 0 Å². The maximum atomic E-state index is 14.8. The molecule has 448 valence electrons. The lowest BCUT2D eigenvalue weighted by atomic mass is 9.96. The summed E-state index contributed by atoms with van der Waals surface area (Å²) >= 11 is 2.90. The second kappa shape index (κ2) is 34.2. The monoisotopic (exact) mass is 1170 g/mol. The van der Waals surface area contributed by atoms with Crippen LogP contribution in [0.4, 0.5) is 0 Å². The molecule has 0 saturated carbocycles. The first-order valence-corrected chi connectivity index (χ1v) is 29.5.